The molecule has 0 radical (unpaired) electrons. The number of rotatable bonds is 3. The highest BCUT2D eigenvalue weighted by atomic mass is 35.5. The van der Waals surface area contributed by atoms with Crippen LogP contribution in [0.1, 0.15) is 12.6 Å². The molecule has 0 spiro atoms. The SMILES string of the molecule is CCn1ncc(Cl)c1CCN. The minimum Gasteiger partial charge on any atom is -0.330 e. The molecule has 0 aromatic carbocycles. The van der Waals surface area contributed by atoms with Gasteiger partial charge in [-0.05, 0) is 13.5 Å². The maximum absolute atomic E-state index is 5.86. The maximum Gasteiger partial charge on any atom is 0.0818 e. The first kappa shape index (κ1) is 8.56. The molecule has 0 fully saturated rings. The zero-order valence-corrected chi connectivity index (χ0v) is 7.30. The van der Waals surface area contributed by atoms with Crippen LogP contribution in [0.25, 0.3) is 0 Å². The van der Waals surface area contributed by atoms with Crippen LogP contribution < -0.4 is 5.73 Å². The van der Waals surface area contributed by atoms with Crippen molar-refractivity contribution in [3.8, 4) is 0 Å². The van der Waals surface area contributed by atoms with E-state index in [4.69, 9.17) is 17.3 Å². The fourth-order valence-electron chi connectivity index (χ4n) is 1.05. The zero-order valence-electron chi connectivity index (χ0n) is 6.55. The van der Waals surface area contributed by atoms with Gasteiger partial charge in [0.1, 0.15) is 0 Å². The van der Waals surface area contributed by atoms with Gasteiger partial charge in [-0.3, -0.25) is 4.68 Å². The van der Waals surface area contributed by atoms with E-state index in [-0.39, 0.29) is 0 Å². The normalized spacial score (nSPS) is 10.5. The molecule has 0 aliphatic rings. The number of aromatic nitrogens is 2. The van der Waals surface area contributed by atoms with Gasteiger partial charge in [0.15, 0.2) is 0 Å². The predicted molar refractivity (Wildman–Crippen MR) is 45.7 cm³/mol. The fourth-order valence-corrected chi connectivity index (χ4v) is 1.28. The van der Waals surface area contributed by atoms with Crippen LogP contribution in [-0.2, 0) is 13.0 Å². The lowest BCUT2D eigenvalue weighted by molar-refractivity contribution is 0.620. The molecule has 0 bridgehead atoms. The molecule has 2 N–H and O–H groups in total. The minimum atomic E-state index is 0.616. The van der Waals surface area contributed by atoms with E-state index in [0.29, 0.717) is 6.54 Å². The van der Waals surface area contributed by atoms with Gasteiger partial charge in [-0.25, -0.2) is 0 Å². The van der Waals surface area contributed by atoms with Crippen molar-refractivity contribution in [3.05, 3.63) is 16.9 Å². The second kappa shape index (κ2) is 3.74. The Morgan fingerprint density at radius 2 is 2.45 bits per heavy atom. The van der Waals surface area contributed by atoms with Crippen LogP contribution in [0.5, 0.6) is 0 Å². The summed E-state index contributed by atoms with van der Waals surface area (Å²) in [6.45, 7) is 3.50. The highest BCUT2D eigenvalue weighted by molar-refractivity contribution is 6.31. The average Bonchev–Trinajstić information content (AvgIpc) is 2.34. The van der Waals surface area contributed by atoms with Crippen molar-refractivity contribution in [2.45, 2.75) is 19.9 Å². The van der Waals surface area contributed by atoms with E-state index in [9.17, 15) is 0 Å². The standard InChI is InChI=1S/C7H12ClN3/c1-2-11-7(3-4-9)6(8)5-10-11/h5H,2-4,9H2,1H3. The van der Waals surface area contributed by atoms with Gasteiger partial charge >= 0.3 is 0 Å². The lowest BCUT2D eigenvalue weighted by Gasteiger charge is -2.02. The molecule has 0 atom stereocenters. The smallest absolute Gasteiger partial charge is 0.0818 e. The zero-order chi connectivity index (χ0) is 8.27. The van der Waals surface area contributed by atoms with Crippen molar-refractivity contribution < 1.29 is 0 Å². The van der Waals surface area contributed by atoms with Gasteiger partial charge in [0.05, 0.1) is 16.9 Å². The summed E-state index contributed by atoms with van der Waals surface area (Å²) in [5, 5.41) is 4.80. The van der Waals surface area contributed by atoms with E-state index in [2.05, 4.69) is 5.10 Å². The summed E-state index contributed by atoms with van der Waals surface area (Å²) >= 11 is 5.86. The van der Waals surface area contributed by atoms with E-state index in [1.807, 2.05) is 11.6 Å². The van der Waals surface area contributed by atoms with E-state index >= 15 is 0 Å². The third-order valence-corrected chi connectivity index (χ3v) is 1.89. The molecule has 0 amide bonds. The van der Waals surface area contributed by atoms with E-state index in [1.165, 1.54) is 0 Å². The van der Waals surface area contributed by atoms with Crippen molar-refractivity contribution in [3.63, 3.8) is 0 Å². The van der Waals surface area contributed by atoms with Crippen molar-refractivity contribution in [2.75, 3.05) is 6.54 Å². The molecule has 1 heterocycles. The van der Waals surface area contributed by atoms with Crippen molar-refractivity contribution in [1.82, 2.24) is 9.78 Å². The molecular formula is C7H12ClN3. The van der Waals surface area contributed by atoms with Crippen LogP contribution in [0.4, 0.5) is 0 Å². The summed E-state index contributed by atoms with van der Waals surface area (Å²) in [4.78, 5) is 0. The molecule has 3 nitrogen and oxygen atoms in total. The molecule has 0 saturated heterocycles. The van der Waals surface area contributed by atoms with Gasteiger partial charge in [0, 0.05) is 13.0 Å². The van der Waals surface area contributed by atoms with Gasteiger partial charge in [0.25, 0.3) is 0 Å². The lowest BCUT2D eigenvalue weighted by Crippen LogP contribution is -2.09. The van der Waals surface area contributed by atoms with Gasteiger partial charge in [-0.2, -0.15) is 5.10 Å². The predicted octanol–water partition coefficient (Wildman–Crippen LogP) is 1.06. The number of aryl methyl sites for hydroxylation is 1. The summed E-state index contributed by atoms with van der Waals surface area (Å²) in [7, 11) is 0. The minimum absolute atomic E-state index is 0.616. The summed E-state index contributed by atoms with van der Waals surface area (Å²) in [5.41, 5.74) is 6.45. The number of halogens is 1. The van der Waals surface area contributed by atoms with Crippen LogP contribution in [0.15, 0.2) is 6.20 Å². The van der Waals surface area contributed by atoms with Crippen molar-refractivity contribution in [1.29, 1.82) is 0 Å². The largest absolute Gasteiger partial charge is 0.330 e. The number of nitrogens with zero attached hydrogens (tertiary/aromatic N) is 2. The molecule has 11 heavy (non-hydrogen) atoms. The Morgan fingerprint density at radius 1 is 1.73 bits per heavy atom. The molecule has 0 saturated carbocycles. The average molecular weight is 174 g/mol. The Kier molecular flexibility index (Phi) is 2.91. The van der Waals surface area contributed by atoms with E-state index < -0.39 is 0 Å². The summed E-state index contributed by atoms with van der Waals surface area (Å²) in [6.07, 6.45) is 2.46. The van der Waals surface area contributed by atoms with Crippen LogP contribution in [0.3, 0.4) is 0 Å². The van der Waals surface area contributed by atoms with Gasteiger partial charge in [-0.1, -0.05) is 11.6 Å². The Morgan fingerprint density at radius 3 is 3.00 bits per heavy atom. The summed E-state index contributed by atoms with van der Waals surface area (Å²) < 4.78 is 1.87. The third kappa shape index (κ3) is 1.73. The van der Waals surface area contributed by atoms with E-state index in [0.717, 1.165) is 23.7 Å². The van der Waals surface area contributed by atoms with E-state index in [1.54, 1.807) is 6.20 Å². The van der Waals surface area contributed by atoms with Crippen molar-refractivity contribution >= 4 is 11.6 Å². The van der Waals surface area contributed by atoms with Crippen LogP contribution >= 0.6 is 11.6 Å². The molecule has 1 rings (SSSR count). The highest BCUT2D eigenvalue weighted by Crippen LogP contribution is 2.14. The molecule has 62 valence electrons. The molecule has 0 aliphatic heterocycles. The van der Waals surface area contributed by atoms with Crippen LogP contribution in [0.2, 0.25) is 5.02 Å². The maximum atomic E-state index is 5.86. The molecule has 1 aromatic rings. The Balaban J connectivity index is 2.88. The molecule has 4 heteroatoms. The summed E-state index contributed by atoms with van der Waals surface area (Å²) in [5.74, 6) is 0. The molecular weight excluding hydrogens is 162 g/mol. The summed E-state index contributed by atoms with van der Waals surface area (Å²) in [6, 6.07) is 0. The number of hydrogen-bond donors (Lipinski definition) is 1. The molecule has 0 unspecified atom stereocenters. The Bertz CT molecular complexity index is 232. The van der Waals surface area contributed by atoms with Gasteiger partial charge in [-0.15, -0.1) is 0 Å². The lowest BCUT2D eigenvalue weighted by atomic mass is 10.3. The van der Waals surface area contributed by atoms with Crippen LogP contribution in [-0.4, -0.2) is 16.3 Å². The topological polar surface area (TPSA) is 43.8 Å². The van der Waals surface area contributed by atoms with Crippen LogP contribution in [0, 0.1) is 0 Å². The Labute approximate surface area is 71.1 Å². The van der Waals surface area contributed by atoms with Gasteiger partial charge < -0.3 is 5.73 Å². The number of nitrogens with two attached hydrogens (primary N) is 1. The first-order valence-electron chi connectivity index (χ1n) is 3.69. The highest BCUT2D eigenvalue weighted by Gasteiger charge is 2.05. The quantitative estimate of drug-likeness (QED) is 0.743. The van der Waals surface area contributed by atoms with Gasteiger partial charge in [0.2, 0.25) is 0 Å². The van der Waals surface area contributed by atoms with Crippen molar-refractivity contribution in [2.24, 2.45) is 5.73 Å². The third-order valence-electron chi connectivity index (χ3n) is 1.58. The Hall–Kier alpha value is -0.540. The monoisotopic (exact) mass is 173 g/mol. The second-order valence-corrected chi connectivity index (χ2v) is 2.70. The first-order valence-corrected chi connectivity index (χ1v) is 4.07. The second-order valence-electron chi connectivity index (χ2n) is 2.29. The molecule has 0 aliphatic carbocycles. The fraction of sp³-hybridized carbons (Fsp3) is 0.571. The molecule has 1 aromatic heterocycles. The number of hydrogen-bond acceptors (Lipinski definition) is 2. The first-order chi connectivity index (χ1) is 5.29.